The van der Waals surface area contributed by atoms with Crippen molar-refractivity contribution in [2.45, 2.75) is 13.0 Å². The van der Waals surface area contributed by atoms with Crippen LogP contribution in [0.25, 0.3) is 5.69 Å². The number of ether oxygens (including phenoxy) is 2. The first kappa shape index (κ1) is 22.3. The molecule has 2 heterocycles. The van der Waals surface area contributed by atoms with Gasteiger partial charge in [-0.15, -0.1) is 0 Å². The fourth-order valence-electron chi connectivity index (χ4n) is 3.87. The fraction of sp³-hybridized carbons (Fsp3) is 0.333. The summed E-state index contributed by atoms with van der Waals surface area (Å²) in [6.07, 6.45) is 1.77. The number of carbonyl (C=O) groups is 1. The van der Waals surface area contributed by atoms with E-state index in [2.05, 4.69) is 15.3 Å². The molecule has 4 rings (SSSR count). The summed E-state index contributed by atoms with van der Waals surface area (Å²) in [5.74, 6) is 0.475. The molecule has 0 saturated carbocycles. The van der Waals surface area contributed by atoms with E-state index in [9.17, 15) is 4.79 Å². The number of carbonyl (C=O) groups excluding carboxylic acids is 1. The largest absolute Gasteiger partial charge is 0.494 e. The summed E-state index contributed by atoms with van der Waals surface area (Å²) in [6, 6.07) is 15.4. The number of hydrogen-bond acceptors (Lipinski definition) is 5. The van der Waals surface area contributed by atoms with Crippen molar-refractivity contribution in [2.24, 2.45) is 0 Å². The lowest BCUT2D eigenvalue weighted by Gasteiger charge is -2.34. The Hall–Kier alpha value is -2.87. The van der Waals surface area contributed by atoms with E-state index in [1.165, 1.54) is 0 Å². The second-order valence-electron chi connectivity index (χ2n) is 7.75. The molecule has 1 amide bonds. The summed E-state index contributed by atoms with van der Waals surface area (Å²) in [7, 11) is 1.62. The normalized spacial score (nSPS) is 15.3. The van der Waals surface area contributed by atoms with Crippen LogP contribution in [0.1, 0.15) is 27.7 Å². The first-order chi connectivity index (χ1) is 15.5. The lowest BCUT2D eigenvalue weighted by Crippen LogP contribution is -2.43. The minimum Gasteiger partial charge on any atom is -0.494 e. The summed E-state index contributed by atoms with van der Waals surface area (Å²) < 4.78 is 12.6. The number of morpholine rings is 1. The predicted molar refractivity (Wildman–Crippen MR) is 124 cm³/mol. The average Bonchev–Trinajstić information content (AvgIpc) is 3.31. The van der Waals surface area contributed by atoms with Crippen molar-refractivity contribution in [1.82, 2.24) is 20.0 Å². The molecule has 1 N–H and O–H groups in total. The van der Waals surface area contributed by atoms with Gasteiger partial charge in [-0.3, -0.25) is 9.69 Å². The molecular weight excluding hydrogens is 428 g/mol. The van der Waals surface area contributed by atoms with Gasteiger partial charge in [-0.1, -0.05) is 29.8 Å². The van der Waals surface area contributed by atoms with Crippen LogP contribution in [-0.2, 0) is 4.74 Å². The predicted octanol–water partition coefficient (Wildman–Crippen LogP) is 3.65. The van der Waals surface area contributed by atoms with Crippen molar-refractivity contribution in [3.63, 3.8) is 0 Å². The number of nitrogens with zero attached hydrogens (tertiary/aromatic N) is 3. The van der Waals surface area contributed by atoms with E-state index in [1.807, 2.05) is 49.4 Å². The lowest BCUT2D eigenvalue weighted by atomic mass is 10.0. The molecule has 0 bridgehead atoms. The minimum absolute atomic E-state index is 0.0269. The summed E-state index contributed by atoms with van der Waals surface area (Å²) >= 11 is 6.07. The summed E-state index contributed by atoms with van der Waals surface area (Å²) in [6.45, 7) is 5.45. The van der Waals surface area contributed by atoms with Gasteiger partial charge < -0.3 is 14.8 Å². The standard InChI is InChI=1S/C24H27ClN4O3/c1-17-3-8-23(31-2)21(15-17)29-10-9-20(27-29)24(30)26-16-22(28-11-13-32-14-12-28)18-4-6-19(25)7-5-18/h3-10,15,22H,11-14,16H2,1-2H3,(H,26,30). The molecule has 1 saturated heterocycles. The molecule has 3 aromatic rings. The molecule has 0 spiro atoms. The van der Waals surface area contributed by atoms with Crippen LogP contribution in [-0.4, -0.2) is 60.5 Å². The summed E-state index contributed by atoms with van der Waals surface area (Å²) in [4.78, 5) is 15.2. The smallest absolute Gasteiger partial charge is 0.271 e. The van der Waals surface area contributed by atoms with Gasteiger partial charge in [0.1, 0.15) is 11.4 Å². The van der Waals surface area contributed by atoms with Gasteiger partial charge in [-0.05, 0) is 48.4 Å². The Morgan fingerprint density at radius 3 is 2.66 bits per heavy atom. The maximum absolute atomic E-state index is 12.9. The second-order valence-corrected chi connectivity index (χ2v) is 8.18. The number of methoxy groups -OCH3 is 1. The topological polar surface area (TPSA) is 68.6 Å². The lowest BCUT2D eigenvalue weighted by molar-refractivity contribution is 0.0162. The molecule has 2 aromatic carbocycles. The number of amides is 1. The van der Waals surface area contributed by atoms with Crippen LogP contribution in [0.15, 0.2) is 54.7 Å². The van der Waals surface area contributed by atoms with E-state index < -0.39 is 0 Å². The van der Waals surface area contributed by atoms with Gasteiger partial charge in [0.15, 0.2) is 5.69 Å². The Kier molecular flexibility index (Phi) is 7.09. The van der Waals surface area contributed by atoms with Gasteiger partial charge in [0.25, 0.3) is 5.91 Å². The minimum atomic E-state index is -0.220. The molecule has 1 aliphatic rings. The highest BCUT2D eigenvalue weighted by molar-refractivity contribution is 6.30. The van der Waals surface area contributed by atoms with Crippen molar-refractivity contribution in [1.29, 1.82) is 0 Å². The van der Waals surface area contributed by atoms with Crippen LogP contribution in [0, 0.1) is 6.92 Å². The van der Waals surface area contributed by atoms with Crippen LogP contribution in [0.4, 0.5) is 0 Å². The number of hydrogen-bond donors (Lipinski definition) is 1. The number of benzene rings is 2. The average molecular weight is 455 g/mol. The number of aromatic nitrogens is 2. The van der Waals surface area contributed by atoms with Gasteiger partial charge in [-0.25, -0.2) is 4.68 Å². The Bertz CT molecular complexity index is 1060. The molecule has 1 atom stereocenters. The van der Waals surface area contributed by atoms with Crippen LogP contribution in [0.5, 0.6) is 5.75 Å². The Morgan fingerprint density at radius 1 is 1.19 bits per heavy atom. The van der Waals surface area contributed by atoms with E-state index in [1.54, 1.807) is 24.1 Å². The molecule has 1 aliphatic heterocycles. The summed E-state index contributed by atoms with van der Waals surface area (Å²) in [5, 5.41) is 8.22. The molecule has 0 radical (unpaired) electrons. The zero-order valence-corrected chi connectivity index (χ0v) is 19.0. The second kappa shape index (κ2) is 10.2. The van der Waals surface area contributed by atoms with Crippen molar-refractivity contribution in [3.05, 3.63) is 76.6 Å². The third-order valence-electron chi connectivity index (χ3n) is 5.60. The highest BCUT2D eigenvalue weighted by Gasteiger charge is 2.24. The van der Waals surface area contributed by atoms with Crippen molar-refractivity contribution in [2.75, 3.05) is 40.0 Å². The molecule has 0 aliphatic carbocycles. The Morgan fingerprint density at radius 2 is 1.94 bits per heavy atom. The molecule has 1 fully saturated rings. The van der Waals surface area contributed by atoms with Crippen molar-refractivity contribution < 1.29 is 14.3 Å². The number of aryl methyl sites for hydroxylation is 1. The van der Waals surface area contributed by atoms with E-state index >= 15 is 0 Å². The quantitative estimate of drug-likeness (QED) is 0.590. The number of rotatable bonds is 7. The van der Waals surface area contributed by atoms with Crippen LogP contribution in [0.3, 0.4) is 0 Å². The first-order valence-corrected chi connectivity index (χ1v) is 11.0. The third kappa shape index (κ3) is 5.12. The molecule has 8 heteroatoms. The first-order valence-electron chi connectivity index (χ1n) is 10.6. The van der Waals surface area contributed by atoms with Gasteiger partial charge in [0.05, 0.1) is 26.4 Å². The molecule has 168 valence electrons. The SMILES string of the molecule is COc1ccc(C)cc1-n1ccc(C(=O)NCC(c2ccc(Cl)cc2)N2CCOCC2)n1. The van der Waals surface area contributed by atoms with Gasteiger partial charge in [0, 0.05) is 30.9 Å². The van der Waals surface area contributed by atoms with E-state index in [-0.39, 0.29) is 11.9 Å². The van der Waals surface area contributed by atoms with E-state index in [0.717, 1.165) is 29.9 Å². The van der Waals surface area contributed by atoms with Crippen LogP contribution < -0.4 is 10.1 Å². The molecule has 1 aromatic heterocycles. The zero-order chi connectivity index (χ0) is 22.5. The zero-order valence-electron chi connectivity index (χ0n) is 18.3. The van der Waals surface area contributed by atoms with Crippen molar-refractivity contribution >= 4 is 17.5 Å². The molecule has 32 heavy (non-hydrogen) atoms. The van der Waals surface area contributed by atoms with Crippen LogP contribution >= 0.6 is 11.6 Å². The monoisotopic (exact) mass is 454 g/mol. The molecule has 1 unspecified atom stereocenters. The summed E-state index contributed by atoms with van der Waals surface area (Å²) in [5.41, 5.74) is 3.33. The molecule has 7 nitrogen and oxygen atoms in total. The maximum atomic E-state index is 12.9. The van der Waals surface area contributed by atoms with E-state index in [4.69, 9.17) is 21.1 Å². The highest BCUT2D eigenvalue weighted by atomic mass is 35.5. The van der Waals surface area contributed by atoms with E-state index in [0.29, 0.717) is 36.2 Å². The van der Waals surface area contributed by atoms with Crippen LogP contribution in [0.2, 0.25) is 5.02 Å². The van der Waals surface area contributed by atoms with Gasteiger partial charge >= 0.3 is 0 Å². The highest BCUT2D eigenvalue weighted by Crippen LogP contribution is 2.25. The fourth-order valence-corrected chi connectivity index (χ4v) is 4.00. The van der Waals surface area contributed by atoms with Gasteiger partial charge in [-0.2, -0.15) is 5.10 Å². The Balaban J connectivity index is 1.49. The Labute approximate surface area is 192 Å². The number of halogens is 1. The van der Waals surface area contributed by atoms with Crippen molar-refractivity contribution in [3.8, 4) is 11.4 Å². The molecular formula is C24H27ClN4O3. The number of nitrogens with one attached hydrogen (secondary N) is 1. The third-order valence-corrected chi connectivity index (χ3v) is 5.85. The maximum Gasteiger partial charge on any atom is 0.271 e. The van der Waals surface area contributed by atoms with Gasteiger partial charge in [0.2, 0.25) is 0 Å².